The summed E-state index contributed by atoms with van der Waals surface area (Å²) in [7, 11) is 1.80. The van der Waals surface area contributed by atoms with Crippen molar-refractivity contribution in [3.05, 3.63) is 10.6 Å². The third-order valence-corrected chi connectivity index (χ3v) is 4.80. The zero-order valence-electron chi connectivity index (χ0n) is 13.3. The van der Waals surface area contributed by atoms with Gasteiger partial charge in [0.05, 0.1) is 11.8 Å². The summed E-state index contributed by atoms with van der Waals surface area (Å²) in [5, 5.41) is 4.58. The van der Waals surface area contributed by atoms with Crippen molar-refractivity contribution in [3.8, 4) is 0 Å². The van der Waals surface area contributed by atoms with Gasteiger partial charge in [0.25, 0.3) is 0 Å². The van der Waals surface area contributed by atoms with Gasteiger partial charge in [-0.25, -0.2) is 4.98 Å². The maximum Gasteiger partial charge on any atom is 0.185 e. The molecule has 1 atom stereocenters. The summed E-state index contributed by atoms with van der Waals surface area (Å²) in [6.45, 7) is 12.8. The molecule has 1 aliphatic rings. The van der Waals surface area contributed by atoms with Crippen molar-refractivity contribution in [2.75, 3.05) is 31.6 Å². The molecular formula is C15H27N3OS. The molecule has 4 nitrogen and oxygen atoms in total. The molecule has 0 radical (unpaired) electrons. The summed E-state index contributed by atoms with van der Waals surface area (Å²) in [6, 6.07) is 0. The number of hydrogen-bond acceptors (Lipinski definition) is 5. The van der Waals surface area contributed by atoms with Gasteiger partial charge in [0.1, 0.15) is 0 Å². The largest absolute Gasteiger partial charge is 0.380 e. The first-order valence-electron chi connectivity index (χ1n) is 7.44. The average Bonchev–Trinajstić information content (AvgIpc) is 3.01. The summed E-state index contributed by atoms with van der Waals surface area (Å²) >= 11 is 1.83. The molecule has 2 rings (SSSR count). The van der Waals surface area contributed by atoms with E-state index in [4.69, 9.17) is 9.72 Å². The van der Waals surface area contributed by atoms with Gasteiger partial charge in [-0.3, -0.25) is 0 Å². The standard InChI is InChI=1S/C15H27N3OS/c1-6-16-9-12-13(15(2,3)4)17-14(20-12)18-8-7-11(10-18)19-5/h11,16H,6-10H2,1-5H3. The second-order valence-corrected chi connectivity index (χ2v) is 7.45. The molecule has 0 aromatic carbocycles. The monoisotopic (exact) mass is 297 g/mol. The Labute approximate surface area is 126 Å². The van der Waals surface area contributed by atoms with Gasteiger partial charge in [0.2, 0.25) is 0 Å². The maximum atomic E-state index is 5.45. The van der Waals surface area contributed by atoms with Crippen molar-refractivity contribution in [1.29, 1.82) is 0 Å². The second kappa shape index (κ2) is 6.41. The number of ether oxygens (including phenoxy) is 1. The SMILES string of the molecule is CCNCc1sc(N2CCC(OC)C2)nc1C(C)(C)C. The Morgan fingerprint density at radius 3 is 2.75 bits per heavy atom. The summed E-state index contributed by atoms with van der Waals surface area (Å²) in [6.07, 6.45) is 1.46. The van der Waals surface area contributed by atoms with E-state index in [0.29, 0.717) is 6.10 Å². The third kappa shape index (κ3) is 3.51. The van der Waals surface area contributed by atoms with Crippen LogP contribution in [0.4, 0.5) is 5.13 Å². The summed E-state index contributed by atoms with van der Waals surface area (Å²) in [4.78, 5) is 8.67. The lowest BCUT2D eigenvalue weighted by Gasteiger charge is -2.18. The molecular weight excluding hydrogens is 270 g/mol. The lowest BCUT2D eigenvalue weighted by molar-refractivity contribution is 0.121. The molecule has 0 saturated carbocycles. The highest BCUT2D eigenvalue weighted by atomic mass is 32.1. The number of nitrogens with zero attached hydrogens (tertiary/aromatic N) is 2. The fraction of sp³-hybridized carbons (Fsp3) is 0.800. The molecule has 1 aliphatic heterocycles. The van der Waals surface area contributed by atoms with Gasteiger partial charge in [-0.15, -0.1) is 11.3 Å². The number of thiazole rings is 1. The minimum atomic E-state index is 0.0971. The molecule has 0 bridgehead atoms. The zero-order chi connectivity index (χ0) is 14.8. The molecule has 1 saturated heterocycles. The predicted molar refractivity (Wildman–Crippen MR) is 85.8 cm³/mol. The quantitative estimate of drug-likeness (QED) is 0.907. The molecule has 5 heteroatoms. The zero-order valence-corrected chi connectivity index (χ0v) is 14.1. The molecule has 114 valence electrons. The van der Waals surface area contributed by atoms with Crippen LogP contribution in [0.1, 0.15) is 44.7 Å². The van der Waals surface area contributed by atoms with Crippen LogP contribution < -0.4 is 10.2 Å². The van der Waals surface area contributed by atoms with E-state index in [1.54, 1.807) is 7.11 Å². The van der Waals surface area contributed by atoms with Gasteiger partial charge in [-0.05, 0) is 13.0 Å². The van der Waals surface area contributed by atoms with Crippen LogP contribution >= 0.6 is 11.3 Å². The van der Waals surface area contributed by atoms with Crippen LogP contribution in [0.15, 0.2) is 0 Å². The number of hydrogen-bond donors (Lipinski definition) is 1. The Kier molecular flexibility index (Phi) is 5.04. The molecule has 20 heavy (non-hydrogen) atoms. The van der Waals surface area contributed by atoms with E-state index >= 15 is 0 Å². The maximum absolute atomic E-state index is 5.45. The predicted octanol–water partition coefficient (Wildman–Crippen LogP) is 2.78. The fourth-order valence-electron chi connectivity index (χ4n) is 2.51. The Hall–Kier alpha value is -0.650. The minimum Gasteiger partial charge on any atom is -0.380 e. The summed E-state index contributed by atoms with van der Waals surface area (Å²) in [5.74, 6) is 0. The number of anilines is 1. The Morgan fingerprint density at radius 2 is 2.20 bits per heavy atom. The van der Waals surface area contributed by atoms with Crippen LogP contribution in [0.2, 0.25) is 0 Å². The molecule has 1 N–H and O–H groups in total. The Bertz CT molecular complexity index is 439. The molecule has 1 aromatic rings. The fourth-order valence-corrected chi connectivity index (χ4v) is 3.79. The lowest BCUT2D eigenvalue weighted by atomic mass is 9.91. The van der Waals surface area contributed by atoms with E-state index in [2.05, 4.69) is 37.9 Å². The summed E-state index contributed by atoms with van der Waals surface area (Å²) < 4.78 is 5.45. The highest BCUT2D eigenvalue weighted by Crippen LogP contribution is 2.35. The van der Waals surface area contributed by atoms with E-state index in [9.17, 15) is 0 Å². The first kappa shape index (κ1) is 15.7. The van der Waals surface area contributed by atoms with Gasteiger partial charge < -0.3 is 15.0 Å². The molecule has 2 heterocycles. The van der Waals surface area contributed by atoms with Crippen molar-refractivity contribution >= 4 is 16.5 Å². The van der Waals surface area contributed by atoms with E-state index < -0.39 is 0 Å². The van der Waals surface area contributed by atoms with Crippen molar-refractivity contribution in [2.24, 2.45) is 0 Å². The van der Waals surface area contributed by atoms with E-state index in [0.717, 1.165) is 37.7 Å². The molecule has 1 unspecified atom stereocenters. The molecule has 0 spiro atoms. The number of nitrogens with one attached hydrogen (secondary N) is 1. The third-order valence-electron chi connectivity index (χ3n) is 3.68. The normalized spacial score (nSPS) is 19.9. The smallest absolute Gasteiger partial charge is 0.185 e. The Morgan fingerprint density at radius 1 is 1.45 bits per heavy atom. The first-order chi connectivity index (χ1) is 9.45. The highest BCUT2D eigenvalue weighted by Gasteiger charge is 2.28. The van der Waals surface area contributed by atoms with Crippen LogP contribution in [0.25, 0.3) is 0 Å². The van der Waals surface area contributed by atoms with Crippen LogP contribution in [0.3, 0.4) is 0 Å². The lowest BCUT2D eigenvalue weighted by Crippen LogP contribution is -2.22. The Balaban J connectivity index is 2.20. The number of rotatable bonds is 5. The number of aromatic nitrogens is 1. The molecule has 0 amide bonds. The molecule has 0 aliphatic carbocycles. The minimum absolute atomic E-state index is 0.0971. The van der Waals surface area contributed by atoms with Crippen molar-refractivity contribution < 1.29 is 4.74 Å². The topological polar surface area (TPSA) is 37.4 Å². The van der Waals surface area contributed by atoms with Gasteiger partial charge in [0, 0.05) is 37.0 Å². The van der Waals surface area contributed by atoms with Crippen LogP contribution in [0, 0.1) is 0 Å². The average molecular weight is 297 g/mol. The van der Waals surface area contributed by atoms with Gasteiger partial charge >= 0.3 is 0 Å². The van der Waals surface area contributed by atoms with E-state index in [1.165, 1.54) is 10.6 Å². The molecule has 1 fully saturated rings. The van der Waals surface area contributed by atoms with Crippen molar-refractivity contribution in [1.82, 2.24) is 10.3 Å². The van der Waals surface area contributed by atoms with Gasteiger partial charge in [-0.1, -0.05) is 27.7 Å². The number of methoxy groups -OCH3 is 1. The van der Waals surface area contributed by atoms with Crippen LogP contribution in [0.5, 0.6) is 0 Å². The van der Waals surface area contributed by atoms with Crippen molar-refractivity contribution in [3.63, 3.8) is 0 Å². The highest BCUT2D eigenvalue weighted by molar-refractivity contribution is 7.15. The second-order valence-electron chi connectivity index (χ2n) is 6.39. The van der Waals surface area contributed by atoms with Crippen LogP contribution in [-0.2, 0) is 16.7 Å². The molecule has 1 aromatic heterocycles. The van der Waals surface area contributed by atoms with E-state index in [1.807, 2.05) is 11.3 Å². The van der Waals surface area contributed by atoms with Gasteiger partial charge in [0.15, 0.2) is 5.13 Å². The summed E-state index contributed by atoms with van der Waals surface area (Å²) in [5.41, 5.74) is 1.33. The van der Waals surface area contributed by atoms with Crippen molar-refractivity contribution in [2.45, 2.75) is 52.2 Å². The van der Waals surface area contributed by atoms with E-state index in [-0.39, 0.29) is 5.41 Å². The first-order valence-corrected chi connectivity index (χ1v) is 8.26. The van der Waals surface area contributed by atoms with Gasteiger partial charge in [-0.2, -0.15) is 0 Å². The van der Waals surface area contributed by atoms with Crippen LogP contribution in [-0.4, -0.2) is 37.8 Å².